The highest BCUT2D eigenvalue weighted by Gasteiger charge is 2.31. The molecule has 0 bridgehead atoms. The second kappa shape index (κ2) is 19.6. The van der Waals surface area contributed by atoms with Crippen molar-refractivity contribution in [1.82, 2.24) is 16.0 Å². The van der Waals surface area contributed by atoms with E-state index in [1.807, 2.05) is 91.0 Å². The van der Waals surface area contributed by atoms with Crippen LogP contribution in [0.5, 0.6) is 11.5 Å². The molecule has 0 radical (unpaired) electrons. The van der Waals surface area contributed by atoms with Gasteiger partial charge in [-0.3, -0.25) is 9.59 Å². The van der Waals surface area contributed by atoms with Gasteiger partial charge in [0.15, 0.2) is 6.04 Å². The van der Waals surface area contributed by atoms with Crippen molar-refractivity contribution in [2.45, 2.75) is 71.2 Å². The van der Waals surface area contributed by atoms with Crippen molar-refractivity contribution < 1.29 is 38.1 Å². The minimum Gasteiger partial charge on any atom is -0.489 e. The molecule has 56 heavy (non-hydrogen) atoms. The van der Waals surface area contributed by atoms with E-state index < -0.39 is 47.6 Å². The standard InChI is InChI=1S/C45H47N3O8/c1-31(46-42(50)39(48-44(52)56-45(2,3)4)35-20-24-37(25-21-35)53-28-32-14-8-5-9-15-32)41(49)47-40(43(51)55-30-34-18-12-7-13-19-34)36-22-26-38(27-23-36)54-29-33-16-10-6-11-17-33/h5-27,31,39-40H,28-30H2,1-4H3,(H,46,50)(H,47,49)(H,48,52)/t31-,39+,40-/m0/s1. The molecule has 0 spiro atoms. The first kappa shape index (κ1) is 40.6. The number of alkyl carbamates (subject to hydrolysis) is 1. The second-order valence-corrected chi connectivity index (χ2v) is 14.0. The summed E-state index contributed by atoms with van der Waals surface area (Å²) in [4.78, 5) is 53.9. The number of amides is 3. The van der Waals surface area contributed by atoms with E-state index >= 15 is 0 Å². The lowest BCUT2D eigenvalue weighted by molar-refractivity contribution is -0.149. The minimum absolute atomic E-state index is 0.00922. The van der Waals surface area contributed by atoms with Crippen LogP contribution in [0.1, 0.15) is 67.6 Å². The molecule has 0 aliphatic heterocycles. The van der Waals surface area contributed by atoms with Gasteiger partial charge < -0.3 is 34.9 Å². The average Bonchev–Trinajstić information content (AvgIpc) is 3.20. The summed E-state index contributed by atoms with van der Waals surface area (Å²) < 4.78 is 22.9. The van der Waals surface area contributed by atoms with Crippen LogP contribution in [0.25, 0.3) is 0 Å². The Labute approximate surface area is 327 Å². The fraction of sp³-hybridized carbons (Fsp3) is 0.244. The second-order valence-electron chi connectivity index (χ2n) is 14.0. The molecule has 11 nitrogen and oxygen atoms in total. The van der Waals surface area contributed by atoms with Crippen LogP contribution in [-0.4, -0.2) is 35.5 Å². The Kier molecular flexibility index (Phi) is 14.2. The van der Waals surface area contributed by atoms with Crippen LogP contribution in [0.4, 0.5) is 4.79 Å². The monoisotopic (exact) mass is 757 g/mol. The molecule has 0 aliphatic carbocycles. The molecule has 0 saturated carbocycles. The normalized spacial score (nSPS) is 12.6. The fourth-order valence-electron chi connectivity index (χ4n) is 5.44. The topological polar surface area (TPSA) is 141 Å². The van der Waals surface area contributed by atoms with Gasteiger partial charge in [0, 0.05) is 0 Å². The summed E-state index contributed by atoms with van der Waals surface area (Å²) in [6, 6.07) is 38.4. The summed E-state index contributed by atoms with van der Waals surface area (Å²) in [7, 11) is 0. The predicted molar refractivity (Wildman–Crippen MR) is 211 cm³/mol. The van der Waals surface area contributed by atoms with E-state index in [4.69, 9.17) is 18.9 Å². The predicted octanol–water partition coefficient (Wildman–Crippen LogP) is 7.52. The molecule has 0 fully saturated rings. The zero-order chi connectivity index (χ0) is 39.9. The highest BCUT2D eigenvalue weighted by atomic mass is 16.6. The molecule has 3 atom stereocenters. The van der Waals surface area contributed by atoms with Crippen molar-refractivity contribution in [3.63, 3.8) is 0 Å². The van der Waals surface area contributed by atoms with Gasteiger partial charge in [-0.2, -0.15) is 0 Å². The van der Waals surface area contributed by atoms with Crippen LogP contribution < -0.4 is 25.4 Å². The Bertz CT molecular complexity index is 2020. The molecule has 5 rings (SSSR count). The number of nitrogens with one attached hydrogen (secondary N) is 3. The SMILES string of the molecule is C[C@H](NC(=O)[C@H](NC(=O)OC(C)(C)C)c1ccc(OCc2ccccc2)cc1)C(=O)N[C@H](C(=O)OCc1ccccc1)c1ccc(OCc2ccccc2)cc1. The molecular formula is C45H47N3O8. The first-order valence-corrected chi connectivity index (χ1v) is 18.3. The summed E-state index contributed by atoms with van der Waals surface area (Å²) >= 11 is 0. The molecule has 290 valence electrons. The molecule has 0 unspecified atom stereocenters. The van der Waals surface area contributed by atoms with Crippen molar-refractivity contribution in [1.29, 1.82) is 0 Å². The molecule has 0 heterocycles. The summed E-state index contributed by atoms with van der Waals surface area (Å²) in [6.45, 7) is 7.29. The molecule has 0 aromatic heterocycles. The van der Waals surface area contributed by atoms with Crippen LogP contribution in [0, 0.1) is 0 Å². The number of hydrogen-bond donors (Lipinski definition) is 3. The third kappa shape index (κ3) is 12.8. The summed E-state index contributed by atoms with van der Waals surface area (Å²) in [5.74, 6) is -0.912. The Morgan fingerprint density at radius 3 is 1.39 bits per heavy atom. The first-order chi connectivity index (χ1) is 26.9. The van der Waals surface area contributed by atoms with Crippen LogP contribution in [0.2, 0.25) is 0 Å². The molecule has 5 aromatic rings. The van der Waals surface area contributed by atoms with Gasteiger partial charge in [0.2, 0.25) is 11.8 Å². The van der Waals surface area contributed by atoms with Gasteiger partial charge in [-0.05, 0) is 79.8 Å². The molecular weight excluding hydrogens is 711 g/mol. The number of carbonyl (C=O) groups excluding carboxylic acids is 4. The summed E-state index contributed by atoms with van der Waals surface area (Å²) in [6.07, 6.45) is -0.823. The maximum absolute atomic E-state index is 13.8. The highest BCUT2D eigenvalue weighted by Crippen LogP contribution is 2.23. The maximum Gasteiger partial charge on any atom is 0.408 e. The fourth-order valence-corrected chi connectivity index (χ4v) is 5.44. The van der Waals surface area contributed by atoms with E-state index in [0.29, 0.717) is 35.8 Å². The minimum atomic E-state index is -1.24. The van der Waals surface area contributed by atoms with Crippen molar-refractivity contribution in [2.24, 2.45) is 0 Å². The van der Waals surface area contributed by atoms with Crippen LogP contribution in [0.3, 0.4) is 0 Å². The number of hydrogen-bond acceptors (Lipinski definition) is 8. The van der Waals surface area contributed by atoms with Gasteiger partial charge in [0.05, 0.1) is 0 Å². The summed E-state index contributed by atoms with van der Waals surface area (Å²) in [5.41, 5.74) is 2.80. The number of ether oxygens (including phenoxy) is 4. The molecule has 3 N–H and O–H groups in total. The van der Waals surface area contributed by atoms with Crippen molar-refractivity contribution >= 4 is 23.9 Å². The summed E-state index contributed by atoms with van der Waals surface area (Å²) in [5, 5.41) is 8.04. The molecule has 3 amide bonds. The van der Waals surface area contributed by atoms with E-state index in [1.165, 1.54) is 6.92 Å². The van der Waals surface area contributed by atoms with Gasteiger partial charge >= 0.3 is 12.1 Å². The number of esters is 1. The Hall–Kier alpha value is -6.62. The third-order valence-corrected chi connectivity index (χ3v) is 8.35. The zero-order valence-corrected chi connectivity index (χ0v) is 31.9. The van der Waals surface area contributed by atoms with Gasteiger partial charge in [0.25, 0.3) is 0 Å². The van der Waals surface area contributed by atoms with E-state index in [-0.39, 0.29) is 6.61 Å². The smallest absolute Gasteiger partial charge is 0.408 e. The highest BCUT2D eigenvalue weighted by molar-refractivity contribution is 5.93. The zero-order valence-electron chi connectivity index (χ0n) is 31.9. The van der Waals surface area contributed by atoms with Crippen LogP contribution >= 0.6 is 0 Å². The Morgan fingerprint density at radius 2 is 0.946 bits per heavy atom. The quantitative estimate of drug-likeness (QED) is 0.0879. The van der Waals surface area contributed by atoms with E-state index in [0.717, 1.165) is 16.7 Å². The number of benzene rings is 5. The van der Waals surface area contributed by atoms with Gasteiger partial charge in [-0.1, -0.05) is 115 Å². The lowest BCUT2D eigenvalue weighted by Crippen LogP contribution is -2.51. The van der Waals surface area contributed by atoms with Crippen molar-refractivity contribution in [3.05, 3.63) is 167 Å². The number of carbonyl (C=O) groups is 4. The number of rotatable bonds is 16. The van der Waals surface area contributed by atoms with E-state index in [1.54, 1.807) is 69.3 Å². The van der Waals surface area contributed by atoms with Crippen LogP contribution in [0.15, 0.2) is 140 Å². The van der Waals surface area contributed by atoms with Crippen molar-refractivity contribution in [3.8, 4) is 11.5 Å². The third-order valence-electron chi connectivity index (χ3n) is 8.35. The average molecular weight is 758 g/mol. The van der Waals surface area contributed by atoms with Gasteiger partial charge in [-0.25, -0.2) is 9.59 Å². The van der Waals surface area contributed by atoms with E-state index in [9.17, 15) is 19.2 Å². The molecule has 11 heteroatoms. The van der Waals surface area contributed by atoms with Crippen molar-refractivity contribution in [2.75, 3.05) is 0 Å². The molecule has 5 aromatic carbocycles. The van der Waals surface area contributed by atoms with E-state index in [2.05, 4.69) is 16.0 Å². The Morgan fingerprint density at radius 1 is 0.518 bits per heavy atom. The Balaban J connectivity index is 1.28. The maximum atomic E-state index is 13.8. The molecule has 0 saturated heterocycles. The van der Waals surface area contributed by atoms with Crippen LogP contribution in [-0.2, 0) is 43.7 Å². The first-order valence-electron chi connectivity index (χ1n) is 18.3. The lowest BCUT2D eigenvalue weighted by atomic mass is 10.0. The van der Waals surface area contributed by atoms with Gasteiger partial charge in [-0.15, -0.1) is 0 Å². The lowest BCUT2D eigenvalue weighted by Gasteiger charge is -2.25. The van der Waals surface area contributed by atoms with Gasteiger partial charge in [0.1, 0.15) is 49.0 Å². The largest absolute Gasteiger partial charge is 0.489 e. The molecule has 0 aliphatic rings.